The van der Waals surface area contributed by atoms with Gasteiger partial charge in [-0.15, -0.1) is 0 Å². The molecule has 2 heterocycles. The number of nitrogens with zero attached hydrogens (tertiary/aromatic N) is 3. The van der Waals surface area contributed by atoms with E-state index in [1.54, 1.807) is 17.0 Å². The molecule has 0 bridgehead atoms. The topological polar surface area (TPSA) is 84.7 Å². The van der Waals surface area contributed by atoms with Crippen LogP contribution >= 0.6 is 0 Å². The molecule has 7 nitrogen and oxygen atoms in total. The van der Waals surface area contributed by atoms with Crippen LogP contribution in [0.4, 0.5) is 0 Å². The van der Waals surface area contributed by atoms with Crippen molar-refractivity contribution in [2.75, 3.05) is 26.8 Å². The normalized spacial score (nSPS) is 19.9. The average Bonchev–Trinajstić information content (AvgIpc) is 3.00. The lowest BCUT2D eigenvalue weighted by atomic mass is 9.80. The second-order valence-corrected chi connectivity index (χ2v) is 7.23. The van der Waals surface area contributed by atoms with Crippen LogP contribution in [0.2, 0.25) is 0 Å². The summed E-state index contributed by atoms with van der Waals surface area (Å²) in [6.07, 6.45) is 1.15. The number of methoxy groups -OCH3 is 1. The summed E-state index contributed by atoms with van der Waals surface area (Å²) in [5.41, 5.74) is 2.35. The largest absolute Gasteiger partial charge is 0.481 e. The van der Waals surface area contributed by atoms with Crippen LogP contribution in [0.15, 0.2) is 30.3 Å². The van der Waals surface area contributed by atoms with Crippen molar-refractivity contribution in [1.82, 2.24) is 14.7 Å². The Morgan fingerprint density at radius 2 is 1.96 bits per heavy atom. The zero-order valence-corrected chi connectivity index (χ0v) is 15.9. The monoisotopic (exact) mass is 371 g/mol. The van der Waals surface area contributed by atoms with Crippen molar-refractivity contribution in [3.63, 3.8) is 0 Å². The first kappa shape index (κ1) is 19.1. The third kappa shape index (κ3) is 3.73. The van der Waals surface area contributed by atoms with Gasteiger partial charge in [0, 0.05) is 31.5 Å². The van der Waals surface area contributed by atoms with Gasteiger partial charge in [0.1, 0.15) is 5.41 Å². The molecule has 7 heteroatoms. The summed E-state index contributed by atoms with van der Waals surface area (Å²) < 4.78 is 6.96. The van der Waals surface area contributed by atoms with E-state index in [0.717, 1.165) is 17.1 Å². The van der Waals surface area contributed by atoms with Gasteiger partial charge < -0.3 is 14.7 Å². The Hall–Kier alpha value is -2.67. The number of piperidine rings is 1. The summed E-state index contributed by atoms with van der Waals surface area (Å²) in [6, 6.07) is 9.24. The van der Waals surface area contributed by atoms with E-state index in [1.165, 1.54) is 7.11 Å². The number of aromatic nitrogens is 2. The van der Waals surface area contributed by atoms with Gasteiger partial charge in [0.25, 0.3) is 5.91 Å². The summed E-state index contributed by atoms with van der Waals surface area (Å²) in [5.74, 6) is -1.07. The highest BCUT2D eigenvalue weighted by Gasteiger charge is 2.44. The number of carboxylic acids is 1. The summed E-state index contributed by atoms with van der Waals surface area (Å²) in [4.78, 5) is 26.3. The smallest absolute Gasteiger partial charge is 0.313 e. The lowest BCUT2D eigenvalue weighted by molar-refractivity contribution is -0.155. The molecule has 1 amide bonds. The van der Waals surface area contributed by atoms with Gasteiger partial charge >= 0.3 is 5.97 Å². The van der Waals surface area contributed by atoms with Crippen molar-refractivity contribution in [2.45, 2.75) is 26.7 Å². The summed E-state index contributed by atoms with van der Waals surface area (Å²) >= 11 is 0. The van der Waals surface area contributed by atoms with Crippen molar-refractivity contribution in [2.24, 2.45) is 5.41 Å². The maximum absolute atomic E-state index is 12.9. The second kappa shape index (κ2) is 7.52. The van der Waals surface area contributed by atoms with Gasteiger partial charge in [-0.1, -0.05) is 0 Å². The molecule has 1 unspecified atom stereocenters. The van der Waals surface area contributed by atoms with Gasteiger partial charge in [-0.25, -0.2) is 4.68 Å². The molecular weight excluding hydrogens is 346 g/mol. The maximum atomic E-state index is 12.9. The standard InChI is InChI=1S/C20H25N3O4/c1-14-11-15(2)23(21-14)17-7-5-16(6-8-17)18(24)22-10-4-9-20(12-22,13-27-3)19(25)26/h5-8,11H,4,9-10,12-13H2,1-3H3,(H,25,26). The van der Waals surface area contributed by atoms with Crippen LogP contribution in [-0.2, 0) is 9.53 Å². The number of likely N-dealkylation sites (tertiary alicyclic amines) is 1. The van der Waals surface area contributed by atoms with Gasteiger partial charge in [0.15, 0.2) is 0 Å². The van der Waals surface area contributed by atoms with E-state index in [4.69, 9.17) is 4.74 Å². The van der Waals surface area contributed by atoms with Crippen molar-refractivity contribution < 1.29 is 19.4 Å². The molecule has 1 aliphatic rings. The van der Waals surface area contributed by atoms with Crippen LogP contribution in [0.3, 0.4) is 0 Å². The molecule has 2 aromatic rings. The fourth-order valence-corrected chi connectivity index (χ4v) is 3.75. The molecule has 1 aliphatic heterocycles. The summed E-state index contributed by atoms with van der Waals surface area (Å²) in [6.45, 7) is 4.73. The minimum atomic E-state index is -1.04. The second-order valence-electron chi connectivity index (χ2n) is 7.23. The molecule has 1 atom stereocenters. The number of benzene rings is 1. The fourth-order valence-electron chi connectivity index (χ4n) is 3.75. The van der Waals surface area contributed by atoms with E-state index in [2.05, 4.69) is 5.10 Å². The number of aliphatic carboxylic acids is 1. The van der Waals surface area contributed by atoms with E-state index < -0.39 is 11.4 Å². The molecule has 0 radical (unpaired) electrons. The number of hydrogen-bond donors (Lipinski definition) is 1. The summed E-state index contributed by atoms with van der Waals surface area (Å²) in [7, 11) is 1.49. The van der Waals surface area contributed by atoms with Gasteiger partial charge in [0.05, 0.1) is 18.0 Å². The van der Waals surface area contributed by atoms with Crippen molar-refractivity contribution in [1.29, 1.82) is 0 Å². The highest BCUT2D eigenvalue weighted by Crippen LogP contribution is 2.31. The lowest BCUT2D eigenvalue weighted by Gasteiger charge is -2.39. The molecule has 3 rings (SSSR count). The van der Waals surface area contributed by atoms with Crippen LogP contribution in [0.5, 0.6) is 0 Å². The molecule has 1 saturated heterocycles. The highest BCUT2D eigenvalue weighted by molar-refractivity contribution is 5.95. The van der Waals surface area contributed by atoms with Crippen LogP contribution in [0.1, 0.15) is 34.6 Å². The third-order valence-electron chi connectivity index (χ3n) is 5.11. The molecule has 1 N–H and O–H groups in total. The first-order valence-electron chi connectivity index (χ1n) is 9.02. The third-order valence-corrected chi connectivity index (χ3v) is 5.11. The molecular formula is C20H25N3O4. The Kier molecular flexibility index (Phi) is 5.32. The van der Waals surface area contributed by atoms with Gasteiger partial charge in [0.2, 0.25) is 0 Å². The van der Waals surface area contributed by atoms with Crippen LogP contribution < -0.4 is 0 Å². The molecule has 1 aromatic heterocycles. The van der Waals surface area contributed by atoms with E-state index in [0.29, 0.717) is 24.9 Å². The molecule has 1 fully saturated rings. The zero-order valence-electron chi connectivity index (χ0n) is 15.9. The Labute approximate surface area is 158 Å². The average molecular weight is 371 g/mol. The number of carboxylic acid groups (broad SMARTS) is 1. The Morgan fingerprint density at radius 1 is 1.26 bits per heavy atom. The van der Waals surface area contributed by atoms with E-state index in [1.807, 2.05) is 36.7 Å². The fraction of sp³-hybridized carbons (Fsp3) is 0.450. The number of ether oxygens (including phenoxy) is 1. The van der Waals surface area contributed by atoms with Crippen LogP contribution in [-0.4, -0.2) is 58.5 Å². The lowest BCUT2D eigenvalue weighted by Crippen LogP contribution is -2.52. The Bertz CT molecular complexity index is 839. The predicted molar refractivity (Wildman–Crippen MR) is 100 cm³/mol. The number of carbonyl (C=O) groups is 2. The number of aryl methyl sites for hydroxylation is 2. The number of carbonyl (C=O) groups excluding carboxylic acids is 1. The van der Waals surface area contributed by atoms with E-state index in [-0.39, 0.29) is 19.1 Å². The predicted octanol–water partition coefficient (Wildman–Crippen LogP) is 2.44. The van der Waals surface area contributed by atoms with Crippen molar-refractivity contribution in [3.8, 4) is 5.69 Å². The first-order valence-corrected chi connectivity index (χ1v) is 9.02. The van der Waals surface area contributed by atoms with E-state index >= 15 is 0 Å². The van der Waals surface area contributed by atoms with Crippen LogP contribution in [0.25, 0.3) is 5.69 Å². The number of rotatable bonds is 5. The Morgan fingerprint density at radius 3 is 2.52 bits per heavy atom. The molecule has 144 valence electrons. The minimum Gasteiger partial charge on any atom is -0.481 e. The Balaban J connectivity index is 1.79. The molecule has 0 aliphatic carbocycles. The van der Waals surface area contributed by atoms with E-state index in [9.17, 15) is 14.7 Å². The van der Waals surface area contributed by atoms with Gasteiger partial charge in [-0.3, -0.25) is 9.59 Å². The molecule has 0 spiro atoms. The molecule has 27 heavy (non-hydrogen) atoms. The minimum absolute atomic E-state index is 0.100. The first-order chi connectivity index (χ1) is 12.9. The van der Waals surface area contributed by atoms with Gasteiger partial charge in [-0.05, 0) is 57.0 Å². The van der Waals surface area contributed by atoms with Gasteiger partial charge in [-0.2, -0.15) is 5.10 Å². The van der Waals surface area contributed by atoms with Crippen LogP contribution in [0, 0.1) is 19.3 Å². The zero-order chi connectivity index (χ0) is 19.6. The van der Waals surface area contributed by atoms with Crippen molar-refractivity contribution >= 4 is 11.9 Å². The quantitative estimate of drug-likeness (QED) is 0.873. The number of amides is 1. The molecule has 0 saturated carbocycles. The summed E-state index contributed by atoms with van der Waals surface area (Å²) in [5, 5.41) is 14.1. The SMILES string of the molecule is COCC1(C(=O)O)CCCN(C(=O)c2ccc(-n3nc(C)cc3C)cc2)C1. The highest BCUT2D eigenvalue weighted by atomic mass is 16.5. The number of hydrogen-bond acceptors (Lipinski definition) is 4. The van der Waals surface area contributed by atoms with Crippen molar-refractivity contribution in [3.05, 3.63) is 47.3 Å². The maximum Gasteiger partial charge on any atom is 0.313 e. The molecule has 1 aromatic carbocycles.